The van der Waals surface area contributed by atoms with Gasteiger partial charge in [-0.3, -0.25) is 9.59 Å². The second kappa shape index (κ2) is 5.78. The summed E-state index contributed by atoms with van der Waals surface area (Å²) < 4.78 is 8.16. The molecule has 1 aromatic carbocycles. The normalized spacial score (nSPS) is 10.4. The second-order valence-electron chi connectivity index (χ2n) is 3.37. The summed E-state index contributed by atoms with van der Waals surface area (Å²) in [5, 5.41) is 11.2. The topological polar surface area (TPSA) is 92.2 Å². The van der Waals surface area contributed by atoms with Gasteiger partial charge in [0, 0.05) is 0 Å². The van der Waals surface area contributed by atoms with Gasteiger partial charge >= 0.3 is 5.97 Å². The number of amides is 1. The SMILES string of the molecule is O=C(O)CSCC(=O)Nc1cccc2nsnc12. The maximum Gasteiger partial charge on any atom is 0.313 e. The summed E-state index contributed by atoms with van der Waals surface area (Å²) in [6.07, 6.45) is 0. The first kappa shape index (κ1) is 12.8. The van der Waals surface area contributed by atoms with Crippen LogP contribution in [-0.2, 0) is 9.59 Å². The number of nitrogens with zero attached hydrogens (tertiary/aromatic N) is 2. The number of carbonyl (C=O) groups excluding carboxylic acids is 1. The molecule has 1 aromatic heterocycles. The van der Waals surface area contributed by atoms with Gasteiger partial charge in [-0.05, 0) is 12.1 Å². The minimum Gasteiger partial charge on any atom is -0.481 e. The van der Waals surface area contributed by atoms with E-state index in [9.17, 15) is 9.59 Å². The van der Waals surface area contributed by atoms with Crippen molar-refractivity contribution < 1.29 is 14.7 Å². The number of fused-ring (bicyclic) bond motifs is 1. The first-order chi connectivity index (χ1) is 8.66. The molecule has 6 nitrogen and oxygen atoms in total. The Kier molecular flexibility index (Phi) is 4.11. The zero-order chi connectivity index (χ0) is 13.0. The number of carbonyl (C=O) groups is 2. The van der Waals surface area contributed by atoms with Crippen molar-refractivity contribution in [2.45, 2.75) is 0 Å². The summed E-state index contributed by atoms with van der Waals surface area (Å²) in [7, 11) is 0. The van der Waals surface area contributed by atoms with Crippen molar-refractivity contribution in [2.75, 3.05) is 16.8 Å². The van der Waals surface area contributed by atoms with Crippen LogP contribution in [0.4, 0.5) is 5.69 Å². The van der Waals surface area contributed by atoms with Crippen molar-refractivity contribution in [1.82, 2.24) is 8.75 Å². The fourth-order valence-electron chi connectivity index (χ4n) is 1.32. The van der Waals surface area contributed by atoms with Gasteiger partial charge in [0.2, 0.25) is 5.91 Å². The van der Waals surface area contributed by atoms with E-state index in [1.54, 1.807) is 12.1 Å². The van der Waals surface area contributed by atoms with Gasteiger partial charge in [-0.25, -0.2) is 0 Å². The van der Waals surface area contributed by atoms with Gasteiger partial charge in [-0.15, -0.1) is 11.8 Å². The third-order valence-corrected chi connectivity index (χ3v) is 3.48. The van der Waals surface area contributed by atoms with Crippen molar-refractivity contribution >= 4 is 52.1 Å². The number of aromatic nitrogens is 2. The zero-order valence-corrected chi connectivity index (χ0v) is 10.8. The number of carboxylic acids is 1. The van der Waals surface area contributed by atoms with E-state index in [4.69, 9.17) is 5.11 Å². The smallest absolute Gasteiger partial charge is 0.313 e. The van der Waals surface area contributed by atoms with E-state index in [0.717, 1.165) is 29.0 Å². The van der Waals surface area contributed by atoms with Gasteiger partial charge in [0.15, 0.2) is 0 Å². The molecular formula is C10H9N3O3S2. The van der Waals surface area contributed by atoms with Crippen LogP contribution in [0.5, 0.6) is 0 Å². The van der Waals surface area contributed by atoms with E-state index in [-0.39, 0.29) is 17.4 Å². The highest BCUT2D eigenvalue weighted by molar-refractivity contribution is 8.00. The molecule has 94 valence electrons. The van der Waals surface area contributed by atoms with E-state index in [0.29, 0.717) is 11.2 Å². The number of hydrogen-bond acceptors (Lipinski definition) is 6. The van der Waals surface area contributed by atoms with Gasteiger partial charge in [0.25, 0.3) is 0 Å². The lowest BCUT2D eigenvalue weighted by Crippen LogP contribution is -2.15. The first-order valence-corrected chi connectivity index (χ1v) is 6.86. The van der Waals surface area contributed by atoms with Crippen molar-refractivity contribution in [3.8, 4) is 0 Å². The van der Waals surface area contributed by atoms with Gasteiger partial charge in [0.05, 0.1) is 28.9 Å². The third-order valence-electron chi connectivity index (χ3n) is 2.02. The van der Waals surface area contributed by atoms with E-state index in [1.165, 1.54) is 0 Å². The Bertz CT molecular complexity index is 585. The molecule has 0 saturated carbocycles. The molecule has 0 radical (unpaired) electrons. The highest BCUT2D eigenvalue weighted by Crippen LogP contribution is 2.21. The van der Waals surface area contributed by atoms with Gasteiger partial charge in [-0.1, -0.05) is 6.07 Å². The highest BCUT2D eigenvalue weighted by Gasteiger charge is 2.09. The Balaban J connectivity index is 1.98. The fourth-order valence-corrected chi connectivity index (χ4v) is 2.41. The molecule has 1 amide bonds. The number of nitrogens with one attached hydrogen (secondary N) is 1. The minimum atomic E-state index is -0.932. The van der Waals surface area contributed by atoms with E-state index < -0.39 is 5.97 Å². The molecule has 0 spiro atoms. The summed E-state index contributed by atoms with van der Waals surface area (Å²) in [4.78, 5) is 21.9. The molecule has 0 atom stereocenters. The summed E-state index contributed by atoms with van der Waals surface area (Å²) in [5.74, 6) is -1.17. The lowest BCUT2D eigenvalue weighted by Gasteiger charge is -2.04. The average Bonchev–Trinajstić information content (AvgIpc) is 2.77. The monoisotopic (exact) mass is 283 g/mol. The number of hydrogen-bond donors (Lipinski definition) is 2. The molecule has 0 saturated heterocycles. The number of carboxylic acid groups (broad SMARTS) is 1. The van der Waals surface area contributed by atoms with Gasteiger partial charge in [-0.2, -0.15) is 8.75 Å². The predicted molar refractivity (Wildman–Crippen MR) is 71.0 cm³/mol. The Labute approximate surface area is 111 Å². The van der Waals surface area contributed by atoms with Crippen LogP contribution in [0.1, 0.15) is 0 Å². The number of thioether (sulfide) groups is 1. The lowest BCUT2D eigenvalue weighted by atomic mass is 10.2. The molecule has 1 heterocycles. The molecule has 18 heavy (non-hydrogen) atoms. The fraction of sp³-hybridized carbons (Fsp3) is 0.200. The van der Waals surface area contributed by atoms with Crippen molar-refractivity contribution in [3.05, 3.63) is 18.2 Å². The number of anilines is 1. The van der Waals surface area contributed by atoms with Crippen LogP contribution < -0.4 is 5.32 Å². The van der Waals surface area contributed by atoms with E-state index in [2.05, 4.69) is 14.1 Å². The molecule has 0 unspecified atom stereocenters. The van der Waals surface area contributed by atoms with Crippen LogP contribution in [0.3, 0.4) is 0 Å². The Morgan fingerprint density at radius 2 is 2.17 bits per heavy atom. The molecule has 2 rings (SSSR count). The number of benzene rings is 1. The summed E-state index contributed by atoms with van der Waals surface area (Å²) in [5.41, 5.74) is 1.98. The molecule has 2 N–H and O–H groups in total. The quantitative estimate of drug-likeness (QED) is 0.862. The molecule has 0 fully saturated rings. The molecule has 8 heteroatoms. The zero-order valence-electron chi connectivity index (χ0n) is 9.12. The molecule has 0 bridgehead atoms. The third kappa shape index (κ3) is 3.17. The molecule has 0 aliphatic carbocycles. The predicted octanol–water partition coefficient (Wildman–Crippen LogP) is 1.45. The van der Waals surface area contributed by atoms with Crippen molar-refractivity contribution in [1.29, 1.82) is 0 Å². The Morgan fingerprint density at radius 3 is 2.94 bits per heavy atom. The van der Waals surface area contributed by atoms with Crippen LogP contribution in [0, 0.1) is 0 Å². The maximum absolute atomic E-state index is 11.6. The van der Waals surface area contributed by atoms with Gasteiger partial charge < -0.3 is 10.4 Å². The lowest BCUT2D eigenvalue weighted by molar-refractivity contribution is -0.133. The summed E-state index contributed by atoms with van der Waals surface area (Å²) >= 11 is 2.13. The Hall–Kier alpha value is -1.67. The van der Waals surface area contributed by atoms with Crippen LogP contribution in [0.25, 0.3) is 11.0 Å². The molecular weight excluding hydrogens is 274 g/mol. The van der Waals surface area contributed by atoms with E-state index in [1.807, 2.05) is 6.07 Å². The standard InChI is InChI=1S/C10H9N3O3S2/c14-8(4-17-5-9(15)16)11-6-2-1-3-7-10(6)13-18-12-7/h1-3H,4-5H2,(H,11,14)(H,15,16). The molecule has 2 aromatic rings. The van der Waals surface area contributed by atoms with Crippen LogP contribution in [0.15, 0.2) is 18.2 Å². The van der Waals surface area contributed by atoms with Crippen LogP contribution in [-0.4, -0.2) is 37.2 Å². The van der Waals surface area contributed by atoms with E-state index >= 15 is 0 Å². The summed E-state index contributed by atoms with van der Waals surface area (Å²) in [6, 6.07) is 5.33. The summed E-state index contributed by atoms with van der Waals surface area (Å²) in [6.45, 7) is 0. The average molecular weight is 283 g/mol. The maximum atomic E-state index is 11.6. The van der Waals surface area contributed by atoms with Gasteiger partial charge in [0.1, 0.15) is 11.0 Å². The Morgan fingerprint density at radius 1 is 1.33 bits per heavy atom. The second-order valence-corrected chi connectivity index (χ2v) is 4.89. The highest BCUT2D eigenvalue weighted by atomic mass is 32.2. The van der Waals surface area contributed by atoms with Crippen molar-refractivity contribution in [3.63, 3.8) is 0 Å². The van der Waals surface area contributed by atoms with Crippen molar-refractivity contribution in [2.24, 2.45) is 0 Å². The minimum absolute atomic E-state index is 0.0874. The molecule has 0 aliphatic rings. The first-order valence-electron chi connectivity index (χ1n) is 4.97. The number of aliphatic carboxylic acids is 1. The van der Waals surface area contributed by atoms with Crippen LogP contribution >= 0.6 is 23.5 Å². The van der Waals surface area contributed by atoms with Crippen LogP contribution in [0.2, 0.25) is 0 Å². The molecule has 0 aliphatic heterocycles. The largest absolute Gasteiger partial charge is 0.481 e. The number of rotatable bonds is 5.